The summed E-state index contributed by atoms with van der Waals surface area (Å²) in [6.07, 6.45) is -1.80. The summed E-state index contributed by atoms with van der Waals surface area (Å²) in [6, 6.07) is 12.5. The lowest BCUT2D eigenvalue weighted by Crippen LogP contribution is -2.54. The van der Waals surface area contributed by atoms with Crippen LogP contribution in [0, 0.1) is 29.1 Å². The largest absolute Gasteiger partial charge is 0.444 e. The number of aromatic nitrogens is 4. The van der Waals surface area contributed by atoms with Gasteiger partial charge in [0.2, 0.25) is 11.8 Å². The zero-order valence-electron chi connectivity index (χ0n) is 43.4. The molecule has 3 N–H and O–H groups in total. The highest BCUT2D eigenvalue weighted by molar-refractivity contribution is 6.10. The number of aryl methyl sites for hydroxylation is 1. The van der Waals surface area contributed by atoms with E-state index in [1.165, 1.54) is 16.7 Å². The molecule has 3 atom stereocenters. The molecule has 0 radical (unpaired) electrons. The van der Waals surface area contributed by atoms with E-state index in [-0.39, 0.29) is 60.7 Å². The molecule has 1 saturated heterocycles. The number of hydrogen-bond donors (Lipinski definition) is 3. The predicted molar refractivity (Wildman–Crippen MR) is 268 cm³/mol. The van der Waals surface area contributed by atoms with Crippen molar-refractivity contribution in [2.45, 2.75) is 136 Å². The predicted octanol–water partition coefficient (Wildman–Crippen LogP) is 8.39. The number of nitrogens with zero attached hydrogens (tertiary/aromatic N) is 8. The fourth-order valence-corrected chi connectivity index (χ4v) is 10.1. The lowest BCUT2D eigenvalue weighted by atomic mass is 9.58. The van der Waals surface area contributed by atoms with Crippen molar-refractivity contribution in [3.8, 4) is 6.07 Å². The van der Waals surface area contributed by atoms with Gasteiger partial charge in [-0.25, -0.2) is 14.6 Å². The molecule has 1 saturated carbocycles. The molecular weight excluding hydrogens is 960 g/mol. The number of ether oxygens (including phenoxy) is 2. The summed E-state index contributed by atoms with van der Waals surface area (Å²) in [4.78, 5) is 76.8. The van der Waals surface area contributed by atoms with Gasteiger partial charge < -0.3 is 30.0 Å². The topological polar surface area (TPSA) is 217 Å². The minimum atomic E-state index is -4.75. The summed E-state index contributed by atoms with van der Waals surface area (Å²) >= 11 is 0. The van der Waals surface area contributed by atoms with Crippen LogP contribution in [-0.2, 0) is 57.4 Å². The van der Waals surface area contributed by atoms with Crippen molar-refractivity contribution in [2.24, 2.45) is 24.8 Å². The van der Waals surface area contributed by atoms with Crippen LogP contribution in [0.5, 0.6) is 0 Å². The number of rotatable bonds is 16. The van der Waals surface area contributed by atoms with Gasteiger partial charge in [0.25, 0.3) is 5.91 Å². The number of hydrogen-bond acceptors (Lipinski definition) is 12. The third kappa shape index (κ3) is 12.6. The maximum atomic E-state index is 14.9. The number of benzene rings is 2. The molecule has 5 amide bonds. The van der Waals surface area contributed by atoms with Gasteiger partial charge in [0.15, 0.2) is 0 Å². The van der Waals surface area contributed by atoms with Gasteiger partial charge in [0, 0.05) is 37.9 Å². The van der Waals surface area contributed by atoms with E-state index in [0.29, 0.717) is 47.0 Å². The highest BCUT2D eigenvalue weighted by Gasteiger charge is 2.49. The standard InChI is InChI=1S/C53H66F3N11O7/c1-31(2)44(62-49(71)74-51(6,7)8)46(69)59-34(5)45(68)60-38-15-13-35(14-16-38)29-73-50(72)66(19-11-17-57)42-22-37(52(24-33(4)25-52)48-63-58-30-64(48)9)23-43(61-42)67-28-40-39(47(67)70)20-36(21-41(40)53(54,55)56)27-65-18-10-12-32(3)26-65/h13-16,20-23,30-34,44H,10-12,18-19,24-29H2,1-9H3,(H,59,69)(H,60,68)(H,62,71)/t32-,33-,34-,44-,52+/m0/s1. The Bertz CT molecular complexity index is 2780. The SMILES string of the molecule is CC(C)[C@H](NC(=O)OC(C)(C)C)C(=O)N[C@@H](C)C(=O)Nc1ccc(COC(=O)N(CCC#N)c2cc([C@]3(c4nncn4C)C[C@@H](C)C3)cc(N3Cc4c(cc(CN5CCC[C@H](C)C5)cc4C(F)(F)F)C3=O)n2)cc1. The Balaban J connectivity index is 1.12. The van der Waals surface area contributed by atoms with Gasteiger partial charge in [-0.05, 0) is 136 Å². The number of pyridine rings is 1. The fraction of sp³-hybridized carbons (Fsp3) is 0.528. The molecule has 0 spiro atoms. The Kier molecular flexibility index (Phi) is 16.4. The number of alkyl halides is 3. The monoisotopic (exact) mass is 1030 g/mol. The Morgan fingerprint density at radius 1 is 0.973 bits per heavy atom. The smallest absolute Gasteiger partial charge is 0.416 e. The van der Waals surface area contributed by atoms with E-state index in [1.807, 2.05) is 0 Å². The zero-order valence-corrected chi connectivity index (χ0v) is 43.4. The number of carbonyl (C=O) groups excluding carboxylic acids is 5. The molecule has 1 aliphatic carbocycles. The molecular formula is C53H66F3N11O7. The molecule has 4 aromatic rings. The summed E-state index contributed by atoms with van der Waals surface area (Å²) in [5.74, 6) is -0.823. The van der Waals surface area contributed by atoms with Crippen molar-refractivity contribution in [3.63, 3.8) is 0 Å². The third-order valence-electron chi connectivity index (χ3n) is 13.6. The maximum absolute atomic E-state index is 14.9. The highest BCUT2D eigenvalue weighted by atomic mass is 19.4. The van der Waals surface area contributed by atoms with Crippen LogP contribution in [0.15, 0.2) is 54.9 Å². The number of halogens is 3. The highest BCUT2D eigenvalue weighted by Crippen LogP contribution is 2.53. The number of piperidine rings is 1. The molecule has 396 valence electrons. The summed E-state index contributed by atoms with van der Waals surface area (Å²) < 4.78 is 57.7. The Hall–Kier alpha value is -7.08. The molecule has 21 heteroatoms. The quantitative estimate of drug-likeness (QED) is 0.0965. The fourth-order valence-electron chi connectivity index (χ4n) is 10.1. The van der Waals surface area contributed by atoms with E-state index < -0.39 is 71.3 Å². The number of likely N-dealkylation sites (tertiary alicyclic amines) is 1. The second-order valence-corrected chi connectivity index (χ2v) is 21.4. The lowest BCUT2D eigenvalue weighted by Gasteiger charge is -2.46. The molecule has 2 fully saturated rings. The average Bonchev–Trinajstić information content (AvgIpc) is 3.90. The zero-order chi connectivity index (χ0) is 53.9. The normalized spacial score (nSPS) is 19.7. The lowest BCUT2D eigenvalue weighted by molar-refractivity contribution is -0.138. The van der Waals surface area contributed by atoms with E-state index >= 15 is 0 Å². The Morgan fingerprint density at radius 3 is 2.30 bits per heavy atom. The number of fused-ring (bicyclic) bond motifs is 1. The van der Waals surface area contributed by atoms with E-state index in [4.69, 9.17) is 14.5 Å². The van der Waals surface area contributed by atoms with Gasteiger partial charge in [-0.1, -0.05) is 39.8 Å². The molecule has 4 heterocycles. The second kappa shape index (κ2) is 22.2. The van der Waals surface area contributed by atoms with Crippen LogP contribution in [0.3, 0.4) is 0 Å². The summed E-state index contributed by atoms with van der Waals surface area (Å²) in [7, 11) is 1.81. The summed E-state index contributed by atoms with van der Waals surface area (Å²) in [6.45, 7) is 15.2. The Morgan fingerprint density at radius 2 is 1.69 bits per heavy atom. The summed E-state index contributed by atoms with van der Waals surface area (Å²) in [5.41, 5.74) is -0.778. The van der Waals surface area contributed by atoms with Gasteiger partial charge in [0.1, 0.15) is 48.1 Å². The van der Waals surface area contributed by atoms with E-state index in [2.05, 4.69) is 51.0 Å². The van der Waals surface area contributed by atoms with Gasteiger partial charge in [0.05, 0.1) is 30.0 Å². The number of amides is 5. The van der Waals surface area contributed by atoms with Gasteiger partial charge in [-0.3, -0.25) is 29.1 Å². The number of alkyl carbamates (subject to hydrolysis) is 1. The number of anilines is 3. The second-order valence-electron chi connectivity index (χ2n) is 21.4. The molecule has 3 aliphatic rings. The van der Waals surface area contributed by atoms with Crippen LogP contribution in [0.4, 0.5) is 40.1 Å². The molecule has 0 bridgehead atoms. The van der Waals surface area contributed by atoms with E-state index in [1.54, 1.807) is 95.0 Å². The van der Waals surface area contributed by atoms with Crippen molar-refractivity contribution in [1.82, 2.24) is 35.3 Å². The van der Waals surface area contributed by atoms with Crippen molar-refractivity contribution < 1.29 is 46.6 Å². The first-order chi connectivity index (χ1) is 34.8. The molecule has 2 aromatic heterocycles. The van der Waals surface area contributed by atoms with Crippen LogP contribution in [-0.4, -0.2) is 91.9 Å². The van der Waals surface area contributed by atoms with Crippen LogP contribution < -0.4 is 25.8 Å². The minimum absolute atomic E-state index is 0.0119. The van der Waals surface area contributed by atoms with E-state index in [0.717, 1.165) is 32.0 Å². The van der Waals surface area contributed by atoms with Crippen molar-refractivity contribution >= 4 is 47.2 Å². The molecule has 74 heavy (non-hydrogen) atoms. The minimum Gasteiger partial charge on any atom is -0.444 e. The van der Waals surface area contributed by atoms with Crippen LogP contribution in [0.2, 0.25) is 0 Å². The molecule has 7 rings (SSSR count). The van der Waals surface area contributed by atoms with Gasteiger partial charge in [-0.15, -0.1) is 10.2 Å². The van der Waals surface area contributed by atoms with Crippen LogP contribution >= 0.6 is 0 Å². The molecule has 2 aliphatic heterocycles. The van der Waals surface area contributed by atoms with Gasteiger partial charge >= 0.3 is 18.4 Å². The van der Waals surface area contributed by atoms with Crippen LogP contribution in [0.1, 0.15) is 131 Å². The van der Waals surface area contributed by atoms with Crippen molar-refractivity contribution in [3.05, 3.63) is 94.1 Å². The van der Waals surface area contributed by atoms with Crippen LogP contribution in [0.25, 0.3) is 0 Å². The van der Waals surface area contributed by atoms with E-state index in [9.17, 15) is 42.4 Å². The first-order valence-electron chi connectivity index (χ1n) is 25.0. The average molecular weight is 1030 g/mol. The molecule has 0 unspecified atom stereocenters. The number of nitrogens with one attached hydrogen (secondary N) is 3. The Labute approximate surface area is 429 Å². The first kappa shape index (κ1) is 54.7. The molecule has 2 aromatic carbocycles. The third-order valence-corrected chi connectivity index (χ3v) is 13.6. The first-order valence-corrected chi connectivity index (χ1v) is 25.0. The molecule has 18 nitrogen and oxygen atoms in total. The maximum Gasteiger partial charge on any atom is 0.416 e. The number of carbonyl (C=O) groups is 5. The van der Waals surface area contributed by atoms with Gasteiger partial charge in [-0.2, -0.15) is 18.4 Å². The van der Waals surface area contributed by atoms with Crippen molar-refractivity contribution in [2.75, 3.05) is 34.8 Å². The summed E-state index contributed by atoms with van der Waals surface area (Å²) in [5, 5.41) is 26.3. The number of nitriles is 1. The van der Waals surface area contributed by atoms with Crippen molar-refractivity contribution in [1.29, 1.82) is 5.26 Å².